The molecule has 4 heteroatoms. The molecule has 0 saturated heterocycles. The summed E-state index contributed by atoms with van der Waals surface area (Å²) in [5, 5.41) is 0. The first-order valence-electron chi connectivity index (χ1n) is 8.07. The monoisotopic (exact) mass is 402 g/mol. The van der Waals surface area contributed by atoms with E-state index in [4.69, 9.17) is 9.47 Å². The van der Waals surface area contributed by atoms with Crippen LogP contribution in [0.25, 0.3) is 6.08 Å². The van der Waals surface area contributed by atoms with Gasteiger partial charge in [0.15, 0.2) is 0 Å². The molecule has 0 aromatic heterocycles. The number of esters is 1. The lowest BCUT2D eigenvalue weighted by Gasteiger charge is -2.19. The highest BCUT2D eigenvalue weighted by atomic mass is 79.9. The second kappa shape index (κ2) is 8.34. The molecule has 0 atom stereocenters. The number of benzene rings is 2. The third-order valence-electron chi connectivity index (χ3n) is 3.79. The Bertz CT molecular complexity index is 756. The molecule has 0 aliphatic carbocycles. The predicted molar refractivity (Wildman–Crippen MR) is 105 cm³/mol. The summed E-state index contributed by atoms with van der Waals surface area (Å²) in [4.78, 5) is 11.9. The van der Waals surface area contributed by atoms with Gasteiger partial charge >= 0.3 is 5.97 Å². The van der Waals surface area contributed by atoms with Crippen LogP contribution in [-0.4, -0.2) is 13.1 Å². The van der Waals surface area contributed by atoms with Gasteiger partial charge in [0.1, 0.15) is 12.4 Å². The minimum Gasteiger partial charge on any atom is -0.496 e. The van der Waals surface area contributed by atoms with Crippen LogP contribution in [0, 0.1) is 0 Å². The standard InChI is InChI=1S/C21H23BrO3/c1-21(2,3)17-8-5-15(6-9-17)14-25-20(23)12-7-16-13-18(22)10-11-19(16)24-4/h5-13H,14H2,1-4H3/b12-7+. The summed E-state index contributed by atoms with van der Waals surface area (Å²) in [6.45, 7) is 6.76. The number of hydrogen-bond acceptors (Lipinski definition) is 3. The molecule has 0 radical (unpaired) electrons. The van der Waals surface area contributed by atoms with Gasteiger partial charge < -0.3 is 9.47 Å². The number of halogens is 1. The number of hydrogen-bond donors (Lipinski definition) is 0. The van der Waals surface area contributed by atoms with Gasteiger partial charge in [-0.3, -0.25) is 0 Å². The fourth-order valence-electron chi connectivity index (χ4n) is 2.30. The Labute approximate surface area is 157 Å². The topological polar surface area (TPSA) is 35.5 Å². The van der Waals surface area contributed by atoms with E-state index in [1.165, 1.54) is 11.6 Å². The maximum Gasteiger partial charge on any atom is 0.331 e. The largest absolute Gasteiger partial charge is 0.496 e. The molecule has 0 unspecified atom stereocenters. The minimum atomic E-state index is -0.387. The molecule has 0 spiro atoms. The highest BCUT2D eigenvalue weighted by Crippen LogP contribution is 2.24. The molecule has 132 valence electrons. The zero-order chi connectivity index (χ0) is 18.4. The minimum absolute atomic E-state index is 0.112. The molecule has 3 nitrogen and oxygen atoms in total. The van der Waals surface area contributed by atoms with Crippen molar-refractivity contribution in [3.8, 4) is 5.75 Å². The van der Waals surface area contributed by atoms with E-state index in [2.05, 4.69) is 48.8 Å². The van der Waals surface area contributed by atoms with E-state index < -0.39 is 0 Å². The highest BCUT2D eigenvalue weighted by molar-refractivity contribution is 9.10. The van der Waals surface area contributed by atoms with Crippen molar-refractivity contribution in [2.75, 3.05) is 7.11 Å². The van der Waals surface area contributed by atoms with Gasteiger partial charge in [0.05, 0.1) is 7.11 Å². The van der Waals surface area contributed by atoms with Gasteiger partial charge in [-0.05, 0) is 40.8 Å². The van der Waals surface area contributed by atoms with Gasteiger partial charge in [-0.15, -0.1) is 0 Å². The van der Waals surface area contributed by atoms with E-state index in [0.29, 0.717) is 5.75 Å². The molecule has 0 N–H and O–H groups in total. The van der Waals surface area contributed by atoms with Crippen molar-refractivity contribution in [3.05, 3.63) is 69.7 Å². The Kier molecular flexibility index (Phi) is 6.43. The van der Waals surface area contributed by atoms with Gasteiger partial charge in [-0.1, -0.05) is 61.0 Å². The smallest absolute Gasteiger partial charge is 0.331 e. The summed E-state index contributed by atoms with van der Waals surface area (Å²) in [5.74, 6) is 0.312. The maximum atomic E-state index is 11.9. The van der Waals surface area contributed by atoms with Gasteiger partial charge in [0.25, 0.3) is 0 Å². The van der Waals surface area contributed by atoms with E-state index in [9.17, 15) is 4.79 Å². The zero-order valence-electron chi connectivity index (χ0n) is 15.0. The van der Waals surface area contributed by atoms with Crippen molar-refractivity contribution in [2.45, 2.75) is 32.8 Å². The Hall–Kier alpha value is -2.07. The van der Waals surface area contributed by atoms with E-state index in [1.807, 2.05) is 30.3 Å². The lowest BCUT2D eigenvalue weighted by Crippen LogP contribution is -2.10. The van der Waals surface area contributed by atoms with Crippen molar-refractivity contribution in [2.24, 2.45) is 0 Å². The van der Waals surface area contributed by atoms with Crippen molar-refractivity contribution >= 4 is 28.0 Å². The molecule has 2 aromatic carbocycles. The lowest BCUT2D eigenvalue weighted by molar-refractivity contribution is -0.138. The second-order valence-corrected chi connectivity index (χ2v) is 7.69. The van der Waals surface area contributed by atoms with Crippen LogP contribution >= 0.6 is 15.9 Å². The summed E-state index contributed by atoms with van der Waals surface area (Å²) >= 11 is 3.41. The second-order valence-electron chi connectivity index (χ2n) is 6.77. The van der Waals surface area contributed by atoms with Crippen LogP contribution in [-0.2, 0) is 21.6 Å². The first-order chi connectivity index (χ1) is 11.8. The third-order valence-corrected chi connectivity index (χ3v) is 4.29. The van der Waals surface area contributed by atoms with Crippen molar-refractivity contribution < 1.29 is 14.3 Å². The summed E-state index contributed by atoms with van der Waals surface area (Å²) in [6, 6.07) is 13.7. The van der Waals surface area contributed by atoms with Gasteiger partial charge in [0, 0.05) is 16.1 Å². The van der Waals surface area contributed by atoms with Crippen LogP contribution in [0.4, 0.5) is 0 Å². The lowest BCUT2D eigenvalue weighted by atomic mass is 9.87. The van der Waals surface area contributed by atoms with Crippen LogP contribution in [0.15, 0.2) is 53.0 Å². The summed E-state index contributed by atoms with van der Waals surface area (Å²) in [6.07, 6.45) is 3.10. The van der Waals surface area contributed by atoms with Gasteiger partial charge in [-0.2, -0.15) is 0 Å². The molecule has 0 saturated carbocycles. The van der Waals surface area contributed by atoms with Crippen LogP contribution in [0.3, 0.4) is 0 Å². The highest BCUT2D eigenvalue weighted by Gasteiger charge is 2.12. The molecule has 2 rings (SSSR count). The van der Waals surface area contributed by atoms with E-state index in [1.54, 1.807) is 13.2 Å². The maximum absolute atomic E-state index is 11.9. The van der Waals surface area contributed by atoms with Crippen LogP contribution in [0.1, 0.15) is 37.5 Å². The van der Waals surface area contributed by atoms with Crippen LogP contribution in [0.2, 0.25) is 0 Å². The first-order valence-corrected chi connectivity index (χ1v) is 8.86. The van der Waals surface area contributed by atoms with E-state index in [-0.39, 0.29) is 18.0 Å². The molecule has 25 heavy (non-hydrogen) atoms. The predicted octanol–water partition coefficient (Wildman–Crippen LogP) is 5.51. The summed E-state index contributed by atoms with van der Waals surface area (Å²) in [7, 11) is 1.60. The number of ether oxygens (including phenoxy) is 2. The van der Waals surface area contributed by atoms with Crippen molar-refractivity contribution in [3.63, 3.8) is 0 Å². The normalized spacial score (nSPS) is 11.6. The SMILES string of the molecule is COc1ccc(Br)cc1/C=C/C(=O)OCc1ccc(C(C)(C)C)cc1. The quantitative estimate of drug-likeness (QED) is 0.488. The molecule has 0 aliphatic heterocycles. The fraction of sp³-hybridized carbons (Fsp3) is 0.286. The molecule has 0 aliphatic rings. The van der Waals surface area contributed by atoms with Crippen LogP contribution in [0.5, 0.6) is 5.75 Å². The van der Waals surface area contributed by atoms with Gasteiger partial charge in [0.2, 0.25) is 0 Å². The Balaban J connectivity index is 1.96. The summed E-state index contributed by atoms with van der Waals surface area (Å²) < 4.78 is 11.5. The molecular formula is C21H23BrO3. The molecule has 0 amide bonds. The average molecular weight is 403 g/mol. The Morgan fingerprint density at radius 3 is 2.40 bits per heavy atom. The number of methoxy groups -OCH3 is 1. The van der Waals surface area contributed by atoms with Gasteiger partial charge in [-0.25, -0.2) is 4.79 Å². The Morgan fingerprint density at radius 1 is 1.12 bits per heavy atom. The fourth-order valence-corrected chi connectivity index (χ4v) is 2.68. The number of carbonyl (C=O) groups is 1. The first kappa shape index (κ1) is 19.3. The molecule has 0 bridgehead atoms. The molecule has 0 fully saturated rings. The number of rotatable bonds is 5. The molecular weight excluding hydrogens is 380 g/mol. The van der Waals surface area contributed by atoms with Crippen molar-refractivity contribution in [1.29, 1.82) is 0 Å². The van der Waals surface area contributed by atoms with E-state index >= 15 is 0 Å². The zero-order valence-corrected chi connectivity index (χ0v) is 16.6. The van der Waals surface area contributed by atoms with Crippen molar-refractivity contribution in [1.82, 2.24) is 0 Å². The molecule has 0 heterocycles. The third kappa shape index (κ3) is 5.75. The Morgan fingerprint density at radius 2 is 1.80 bits per heavy atom. The number of carbonyl (C=O) groups excluding carboxylic acids is 1. The molecule has 2 aromatic rings. The van der Waals surface area contributed by atoms with Crippen LogP contribution < -0.4 is 4.74 Å². The van der Waals surface area contributed by atoms with E-state index in [0.717, 1.165) is 15.6 Å². The average Bonchev–Trinajstić information content (AvgIpc) is 2.58. The summed E-state index contributed by atoms with van der Waals surface area (Å²) in [5.41, 5.74) is 3.14.